The second kappa shape index (κ2) is 5.83. The summed E-state index contributed by atoms with van der Waals surface area (Å²) in [7, 11) is 0. The highest BCUT2D eigenvalue weighted by molar-refractivity contribution is 6.31. The Morgan fingerprint density at radius 3 is 2.65 bits per heavy atom. The predicted molar refractivity (Wildman–Crippen MR) is 71.8 cm³/mol. The number of hydrogen-bond acceptors (Lipinski definition) is 3. The first-order chi connectivity index (χ1) is 9.47. The van der Waals surface area contributed by atoms with Crippen molar-refractivity contribution in [3.05, 3.63) is 68.7 Å². The van der Waals surface area contributed by atoms with E-state index in [1.165, 1.54) is 18.2 Å². The van der Waals surface area contributed by atoms with Crippen LogP contribution in [0.5, 0.6) is 0 Å². The van der Waals surface area contributed by atoms with E-state index in [4.69, 9.17) is 11.6 Å². The summed E-state index contributed by atoms with van der Waals surface area (Å²) < 4.78 is 26.2. The summed E-state index contributed by atoms with van der Waals surface area (Å²) in [4.78, 5) is 10.1. The Bertz CT molecular complexity index is 665. The third-order valence-electron chi connectivity index (χ3n) is 2.61. The van der Waals surface area contributed by atoms with Crippen LogP contribution in [0.2, 0.25) is 5.02 Å². The fourth-order valence-electron chi connectivity index (χ4n) is 1.67. The number of rotatable bonds is 4. The molecule has 20 heavy (non-hydrogen) atoms. The molecule has 0 atom stereocenters. The molecule has 0 bridgehead atoms. The Hall–Kier alpha value is -2.21. The first kappa shape index (κ1) is 14.2. The molecule has 0 aliphatic rings. The standard InChI is InChI=1S/C13H9ClF2N2O2/c14-10-5-12(13(18(19)20)6-11(10)16)17-7-8-2-1-3-9(15)4-8/h1-6,17H,7H2. The van der Waals surface area contributed by atoms with E-state index >= 15 is 0 Å². The molecule has 2 aromatic carbocycles. The first-order valence-electron chi connectivity index (χ1n) is 5.59. The van der Waals surface area contributed by atoms with Gasteiger partial charge in [0.25, 0.3) is 5.69 Å². The van der Waals surface area contributed by atoms with Gasteiger partial charge in [0.1, 0.15) is 17.3 Å². The Morgan fingerprint density at radius 2 is 2.00 bits per heavy atom. The number of benzene rings is 2. The second-order valence-electron chi connectivity index (χ2n) is 4.02. The quantitative estimate of drug-likeness (QED) is 0.682. The molecule has 0 spiro atoms. The lowest BCUT2D eigenvalue weighted by Gasteiger charge is -2.08. The monoisotopic (exact) mass is 298 g/mol. The highest BCUT2D eigenvalue weighted by Gasteiger charge is 2.17. The molecular formula is C13H9ClF2N2O2. The van der Waals surface area contributed by atoms with Gasteiger partial charge in [-0.25, -0.2) is 8.78 Å². The van der Waals surface area contributed by atoms with E-state index in [0.717, 1.165) is 12.1 Å². The fraction of sp³-hybridized carbons (Fsp3) is 0.0769. The van der Waals surface area contributed by atoms with Gasteiger partial charge in [0, 0.05) is 6.54 Å². The normalized spacial score (nSPS) is 10.3. The van der Waals surface area contributed by atoms with E-state index in [-0.39, 0.29) is 17.3 Å². The lowest BCUT2D eigenvalue weighted by atomic mass is 10.2. The van der Waals surface area contributed by atoms with Gasteiger partial charge < -0.3 is 5.32 Å². The summed E-state index contributed by atoms with van der Waals surface area (Å²) >= 11 is 5.60. The highest BCUT2D eigenvalue weighted by Crippen LogP contribution is 2.30. The highest BCUT2D eigenvalue weighted by atomic mass is 35.5. The lowest BCUT2D eigenvalue weighted by molar-refractivity contribution is -0.384. The Morgan fingerprint density at radius 1 is 1.25 bits per heavy atom. The summed E-state index contributed by atoms with van der Waals surface area (Å²) in [5.41, 5.74) is 0.244. The molecule has 0 aliphatic heterocycles. The molecule has 7 heteroatoms. The van der Waals surface area contributed by atoms with Crippen LogP contribution in [-0.2, 0) is 6.54 Å². The average Bonchev–Trinajstić information content (AvgIpc) is 2.39. The van der Waals surface area contributed by atoms with Crippen LogP contribution in [-0.4, -0.2) is 4.92 Å². The van der Waals surface area contributed by atoms with Gasteiger partial charge in [-0.2, -0.15) is 0 Å². The molecule has 4 nitrogen and oxygen atoms in total. The zero-order chi connectivity index (χ0) is 14.7. The van der Waals surface area contributed by atoms with E-state index in [1.54, 1.807) is 6.07 Å². The van der Waals surface area contributed by atoms with E-state index in [0.29, 0.717) is 5.56 Å². The Labute approximate surface area is 118 Å². The van der Waals surface area contributed by atoms with Crippen molar-refractivity contribution in [1.82, 2.24) is 0 Å². The zero-order valence-electron chi connectivity index (χ0n) is 10.1. The van der Waals surface area contributed by atoms with E-state index < -0.39 is 22.2 Å². The van der Waals surface area contributed by atoms with E-state index in [2.05, 4.69) is 5.32 Å². The molecule has 1 N–H and O–H groups in total. The number of hydrogen-bond donors (Lipinski definition) is 1. The van der Waals surface area contributed by atoms with Crippen LogP contribution < -0.4 is 5.32 Å². The SMILES string of the molecule is O=[N+]([O-])c1cc(F)c(Cl)cc1NCc1cccc(F)c1. The smallest absolute Gasteiger partial charge is 0.295 e. The van der Waals surface area contributed by atoms with E-state index in [1.807, 2.05) is 0 Å². The van der Waals surface area contributed by atoms with Crippen molar-refractivity contribution >= 4 is 23.0 Å². The molecule has 0 aliphatic carbocycles. The van der Waals surface area contributed by atoms with Crippen LogP contribution in [0.15, 0.2) is 36.4 Å². The van der Waals surface area contributed by atoms with Crippen LogP contribution in [0.3, 0.4) is 0 Å². The van der Waals surface area contributed by atoms with E-state index in [9.17, 15) is 18.9 Å². The lowest BCUT2D eigenvalue weighted by Crippen LogP contribution is -2.03. The zero-order valence-corrected chi connectivity index (χ0v) is 10.8. The molecule has 0 heterocycles. The van der Waals surface area contributed by atoms with Gasteiger partial charge in [-0.1, -0.05) is 23.7 Å². The molecule has 0 saturated carbocycles. The average molecular weight is 299 g/mol. The second-order valence-corrected chi connectivity index (χ2v) is 4.43. The Kier molecular flexibility index (Phi) is 4.14. The van der Waals surface area contributed by atoms with Crippen LogP contribution >= 0.6 is 11.6 Å². The van der Waals surface area contributed by atoms with Crippen molar-refractivity contribution < 1.29 is 13.7 Å². The predicted octanol–water partition coefficient (Wildman–Crippen LogP) is 4.14. The molecule has 2 rings (SSSR count). The summed E-state index contributed by atoms with van der Waals surface area (Å²) in [5, 5.41) is 13.4. The van der Waals surface area contributed by atoms with Gasteiger partial charge in [-0.3, -0.25) is 10.1 Å². The third-order valence-corrected chi connectivity index (χ3v) is 2.90. The molecule has 0 fully saturated rings. The third kappa shape index (κ3) is 3.21. The molecular weight excluding hydrogens is 290 g/mol. The number of nitro groups is 1. The van der Waals surface area contributed by atoms with Crippen molar-refractivity contribution in [2.24, 2.45) is 0 Å². The maximum atomic E-state index is 13.2. The van der Waals surface area contributed by atoms with Crippen LogP contribution in [0.25, 0.3) is 0 Å². The minimum atomic E-state index is -0.866. The number of halogens is 3. The summed E-state index contributed by atoms with van der Waals surface area (Å²) in [6.45, 7) is 0.153. The van der Waals surface area contributed by atoms with Gasteiger partial charge in [-0.05, 0) is 23.8 Å². The van der Waals surface area contributed by atoms with Gasteiger partial charge in [0.2, 0.25) is 0 Å². The van der Waals surface area contributed by atoms with Crippen molar-refractivity contribution in [3.63, 3.8) is 0 Å². The summed E-state index contributed by atoms with van der Waals surface area (Å²) in [5.74, 6) is -1.27. The minimum Gasteiger partial charge on any atom is -0.375 e. The van der Waals surface area contributed by atoms with Gasteiger partial charge >= 0.3 is 0 Å². The van der Waals surface area contributed by atoms with Crippen molar-refractivity contribution in [2.45, 2.75) is 6.54 Å². The van der Waals surface area contributed by atoms with Crippen molar-refractivity contribution in [1.29, 1.82) is 0 Å². The van der Waals surface area contributed by atoms with Gasteiger partial charge in [0.15, 0.2) is 0 Å². The maximum absolute atomic E-state index is 13.2. The number of nitro benzene ring substituents is 1. The molecule has 0 aromatic heterocycles. The fourth-order valence-corrected chi connectivity index (χ4v) is 1.84. The molecule has 2 aromatic rings. The topological polar surface area (TPSA) is 55.2 Å². The number of anilines is 1. The Balaban J connectivity index is 2.24. The minimum absolute atomic E-state index is 0.0747. The molecule has 0 radical (unpaired) electrons. The van der Waals surface area contributed by atoms with Crippen LogP contribution in [0, 0.1) is 21.7 Å². The number of nitrogens with zero attached hydrogens (tertiary/aromatic N) is 1. The van der Waals surface area contributed by atoms with Gasteiger partial charge in [-0.15, -0.1) is 0 Å². The molecule has 0 amide bonds. The van der Waals surface area contributed by atoms with Crippen LogP contribution in [0.4, 0.5) is 20.2 Å². The largest absolute Gasteiger partial charge is 0.375 e. The maximum Gasteiger partial charge on any atom is 0.295 e. The number of nitrogens with one attached hydrogen (secondary N) is 1. The molecule has 0 unspecified atom stereocenters. The molecule has 0 saturated heterocycles. The molecule has 104 valence electrons. The summed E-state index contributed by atoms with van der Waals surface area (Å²) in [6, 6.07) is 7.65. The van der Waals surface area contributed by atoms with Gasteiger partial charge in [0.05, 0.1) is 16.0 Å². The van der Waals surface area contributed by atoms with Crippen molar-refractivity contribution in [2.75, 3.05) is 5.32 Å². The summed E-state index contributed by atoms with van der Waals surface area (Å²) in [6.07, 6.45) is 0. The van der Waals surface area contributed by atoms with Crippen molar-refractivity contribution in [3.8, 4) is 0 Å². The first-order valence-corrected chi connectivity index (χ1v) is 5.97. The van der Waals surface area contributed by atoms with Crippen LogP contribution in [0.1, 0.15) is 5.56 Å².